The summed E-state index contributed by atoms with van der Waals surface area (Å²) >= 11 is 0. The van der Waals surface area contributed by atoms with Gasteiger partial charge in [-0.3, -0.25) is 14.2 Å². The fourth-order valence-corrected chi connectivity index (χ4v) is 2.46. The first-order valence-electron chi connectivity index (χ1n) is 8.28. The zero-order chi connectivity index (χ0) is 18.6. The summed E-state index contributed by atoms with van der Waals surface area (Å²) < 4.78 is 9.16. The number of rotatable bonds is 8. The van der Waals surface area contributed by atoms with Crippen molar-refractivity contribution in [1.29, 1.82) is 0 Å². The Bertz CT molecular complexity index is 862. The molecule has 0 aliphatic carbocycles. The van der Waals surface area contributed by atoms with E-state index in [4.69, 9.17) is 4.74 Å². The molecule has 0 aliphatic rings. The van der Waals surface area contributed by atoms with Crippen molar-refractivity contribution in [2.75, 3.05) is 19.8 Å². The number of fused-ring (bicyclic) bond motifs is 1. The standard InChI is InChI=1S/C16H25N5O4/c1-11(2)9-25-7-5-6-17-12(22)8-21-15(23)13-14(18-10-19(13)3)20(4)16(21)24/h10-11H,5-9H2,1-4H3,(H,17,22). The number of carbonyl (C=O) groups excluding carboxylic acids is 1. The van der Waals surface area contributed by atoms with Crippen LogP contribution in [0, 0.1) is 5.92 Å². The molecule has 0 radical (unpaired) electrons. The average Bonchev–Trinajstić information content (AvgIpc) is 2.94. The van der Waals surface area contributed by atoms with Crippen LogP contribution < -0.4 is 16.6 Å². The minimum Gasteiger partial charge on any atom is -0.381 e. The van der Waals surface area contributed by atoms with Gasteiger partial charge in [0.15, 0.2) is 11.2 Å². The fourth-order valence-electron chi connectivity index (χ4n) is 2.46. The van der Waals surface area contributed by atoms with E-state index in [1.165, 1.54) is 22.5 Å². The molecule has 1 N–H and O–H groups in total. The molecular formula is C16H25N5O4. The van der Waals surface area contributed by atoms with Gasteiger partial charge in [-0.15, -0.1) is 0 Å². The van der Waals surface area contributed by atoms with Gasteiger partial charge >= 0.3 is 5.69 Å². The number of aromatic nitrogens is 4. The molecule has 9 nitrogen and oxygen atoms in total. The number of ether oxygens (including phenoxy) is 1. The SMILES string of the molecule is CC(C)COCCCNC(=O)Cn1c(=O)c2c(ncn2C)n(C)c1=O. The lowest BCUT2D eigenvalue weighted by atomic mass is 10.2. The third-order valence-corrected chi connectivity index (χ3v) is 3.74. The maximum absolute atomic E-state index is 12.5. The minimum absolute atomic E-state index is 0.289. The Labute approximate surface area is 145 Å². The van der Waals surface area contributed by atoms with Crippen molar-refractivity contribution in [3.05, 3.63) is 27.2 Å². The molecule has 25 heavy (non-hydrogen) atoms. The molecule has 0 saturated heterocycles. The molecule has 0 aliphatic heterocycles. The Balaban J connectivity index is 2.01. The molecule has 0 aromatic carbocycles. The Morgan fingerprint density at radius 2 is 2.04 bits per heavy atom. The predicted octanol–water partition coefficient (Wildman–Crippen LogP) is -0.387. The highest BCUT2D eigenvalue weighted by Gasteiger charge is 2.16. The number of nitrogens with one attached hydrogen (secondary N) is 1. The topological polar surface area (TPSA) is 100 Å². The van der Waals surface area contributed by atoms with E-state index in [1.807, 2.05) is 0 Å². The normalized spacial score (nSPS) is 11.4. The summed E-state index contributed by atoms with van der Waals surface area (Å²) in [4.78, 5) is 40.9. The van der Waals surface area contributed by atoms with Crippen molar-refractivity contribution >= 4 is 17.1 Å². The van der Waals surface area contributed by atoms with Gasteiger partial charge < -0.3 is 14.6 Å². The van der Waals surface area contributed by atoms with E-state index >= 15 is 0 Å². The van der Waals surface area contributed by atoms with E-state index in [1.54, 1.807) is 7.05 Å². The van der Waals surface area contributed by atoms with Crippen LogP contribution in [0.25, 0.3) is 11.2 Å². The van der Waals surface area contributed by atoms with E-state index in [0.29, 0.717) is 37.7 Å². The van der Waals surface area contributed by atoms with Crippen LogP contribution in [0.1, 0.15) is 20.3 Å². The van der Waals surface area contributed by atoms with E-state index in [0.717, 1.165) is 4.57 Å². The van der Waals surface area contributed by atoms with E-state index < -0.39 is 11.2 Å². The van der Waals surface area contributed by atoms with E-state index in [-0.39, 0.29) is 18.0 Å². The summed E-state index contributed by atoms with van der Waals surface area (Å²) in [5.41, 5.74) is -0.492. The van der Waals surface area contributed by atoms with Gasteiger partial charge in [0.25, 0.3) is 5.56 Å². The third kappa shape index (κ3) is 4.36. The van der Waals surface area contributed by atoms with Gasteiger partial charge in [0.05, 0.1) is 6.33 Å². The lowest BCUT2D eigenvalue weighted by molar-refractivity contribution is -0.121. The first kappa shape index (κ1) is 18.9. The molecule has 0 spiro atoms. The second kappa shape index (κ2) is 8.11. The van der Waals surface area contributed by atoms with Crippen LogP contribution in [0.5, 0.6) is 0 Å². The Kier molecular flexibility index (Phi) is 6.13. The number of carbonyl (C=O) groups is 1. The summed E-state index contributed by atoms with van der Waals surface area (Å²) in [5, 5.41) is 2.70. The molecule has 0 unspecified atom stereocenters. The third-order valence-electron chi connectivity index (χ3n) is 3.74. The molecule has 0 atom stereocenters. The number of imidazole rings is 1. The molecule has 0 fully saturated rings. The number of aryl methyl sites for hydroxylation is 2. The van der Waals surface area contributed by atoms with E-state index in [2.05, 4.69) is 24.1 Å². The van der Waals surface area contributed by atoms with Crippen LogP contribution in [-0.2, 0) is 30.2 Å². The molecule has 2 aromatic heterocycles. The predicted molar refractivity (Wildman–Crippen MR) is 93.5 cm³/mol. The highest BCUT2D eigenvalue weighted by atomic mass is 16.5. The van der Waals surface area contributed by atoms with Crippen LogP contribution in [0.2, 0.25) is 0 Å². The molecule has 138 valence electrons. The summed E-state index contributed by atoms with van der Waals surface area (Å²) in [7, 11) is 3.19. The summed E-state index contributed by atoms with van der Waals surface area (Å²) in [6.45, 7) is 5.49. The number of hydrogen-bond acceptors (Lipinski definition) is 5. The monoisotopic (exact) mass is 351 g/mol. The molecule has 2 rings (SSSR count). The van der Waals surface area contributed by atoms with Crippen LogP contribution in [0.4, 0.5) is 0 Å². The van der Waals surface area contributed by atoms with E-state index in [9.17, 15) is 14.4 Å². The highest BCUT2D eigenvalue weighted by molar-refractivity contribution is 5.76. The molecule has 0 bridgehead atoms. The fraction of sp³-hybridized carbons (Fsp3) is 0.625. The van der Waals surface area contributed by atoms with Crippen LogP contribution in [0.15, 0.2) is 15.9 Å². The Morgan fingerprint density at radius 3 is 2.72 bits per heavy atom. The number of nitrogens with zero attached hydrogens (tertiary/aromatic N) is 4. The van der Waals surface area contributed by atoms with Gasteiger partial charge in [-0.1, -0.05) is 13.8 Å². The largest absolute Gasteiger partial charge is 0.381 e. The second-order valence-electron chi connectivity index (χ2n) is 6.43. The quantitative estimate of drug-likeness (QED) is 0.653. The van der Waals surface area contributed by atoms with Gasteiger partial charge in [0, 0.05) is 33.9 Å². The minimum atomic E-state index is -0.563. The molecular weight excluding hydrogens is 326 g/mol. The van der Waals surface area contributed by atoms with Crippen molar-refractivity contribution in [1.82, 2.24) is 24.0 Å². The van der Waals surface area contributed by atoms with Crippen LogP contribution >= 0.6 is 0 Å². The molecule has 9 heteroatoms. The van der Waals surface area contributed by atoms with Crippen LogP contribution in [0.3, 0.4) is 0 Å². The second-order valence-corrected chi connectivity index (χ2v) is 6.43. The smallest absolute Gasteiger partial charge is 0.332 e. The average molecular weight is 351 g/mol. The van der Waals surface area contributed by atoms with Crippen molar-refractivity contribution in [3.63, 3.8) is 0 Å². The zero-order valence-corrected chi connectivity index (χ0v) is 15.1. The molecule has 0 saturated carbocycles. The van der Waals surface area contributed by atoms with Gasteiger partial charge in [0.1, 0.15) is 6.54 Å². The lowest BCUT2D eigenvalue weighted by Crippen LogP contribution is -2.43. The lowest BCUT2D eigenvalue weighted by Gasteiger charge is -2.10. The first-order chi connectivity index (χ1) is 11.8. The van der Waals surface area contributed by atoms with Gasteiger partial charge in [-0.05, 0) is 12.3 Å². The maximum Gasteiger partial charge on any atom is 0.332 e. The van der Waals surface area contributed by atoms with Crippen molar-refractivity contribution < 1.29 is 9.53 Å². The molecule has 2 heterocycles. The van der Waals surface area contributed by atoms with Gasteiger partial charge in [0.2, 0.25) is 5.91 Å². The first-order valence-corrected chi connectivity index (χ1v) is 8.28. The van der Waals surface area contributed by atoms with Crippen LogP contribution in [-0.4, -0.2) is 44.4 Å². The van der Waals surface area contributed by atoms with Gasteiger partial charge in [-0.2, -0.15) is 0 Å². The molecule has 1 amide bonds. The van der Waals surface area contributed by atoms with Crippen molar-refractivity contribution in [2.45, 2.75) is 26.8 Å². The van der Waals surface area contributed by atoms with Crippen molar-refractivity contribution in [2.24, 2.45) is 20.0 Å². The molecule has 2 aromatic rings. The van der Waals surface area contributed by atoms with Crippen molar-refractivity contribution in [3.8, 4) is 0 Å². The van der Waals surface area contributed by atoms with Gasteiger partial charge in [-0.25, -0.2) is 14.3 Å². The number of hydrogen-bond donors (Lipinski definition) is 1. The Hall–Kier alpha value is -2.42. The summed E-state index contributed by atoms with van der Waals surface area (Å²) in [5.74, 6) is 0.0872. The summed E-state index contributed by atoms with van der Waals surface area (Å²) in [6, 6.07) is 0. The maximum atomic E-state index is 12.5. The summed E-state index contributed by atoms with van der Waals surface area (Å²) in [6.07, 6.45) is 2.14. The Morgan fingerprint density at radius 1 is 1.32 bits per heavy atom. The zero-order valence-electron chi connectivity index (χ0n) is 15.1. The highest BCUT2D eigenvalue weighted by Crippen LogP contribution is 2.02. The number of amides is 1.